The fourth-order valence-electron chi connectivity index (χ4n) is 0.443. The van der Waals surface area contributed by atoms with Crippen molar-refractivity contribution in [3.05, 3.63) is 22.6 Å². The highest BCUT2D eigenvalue weighted by Crippen LogP contribution is 2.02. The Labute approximate surface area is 52.5 Å². The maximum Gasteiger partial charge on any atom is 0.381 e. The minimum Gasteiger partial charge on any atom is -0.358 e. The molecular formula is C4H5N3O2. The van der Waals surface area contributed by atoms with Crippen LogP contribution in [0.25, 0.3) is 0 Å². The van der Waals surface area contributed by atoms with Crippen LogP contribution in [-0.2, 0) is 7.02 Å². The van der Waals surface area contributed by atoms with Crippen LogP contribution < -0.4 is 0 Å². The monoisotopic (exact) mass is 128 g/mol. The maximum absolute atomic E-state index is 10.00. The third kappa shape index (κ3) is 1.04. The van der Waals surface area contributed by atoms with Crippen LogP contribution in [0.15, 0.2) is 12.5 Å². The van der Waals surface area contributed by atoms with E-state index in [1.165, 1.54) is 17.1 Å². The van der Waals surface area contributed by atoms with E-state index in [0.29, 0.717) is 0 Å². The van der Waals surface area contributed by atoms with Crippen LogP contribution in [0.3, 0.4) is 0 Å². The molecule has 0 bridgehead atoms. The van der Waals surface area contributed by atoms with Crippen molar-refractivity contribution < 1.29 is 6.29 Å². The Balaban J connectivity index is 2.88. The molecule has 0 unspecified atom stereocenters. The van der Waals surface area contributed by atoms with E-state index in [2.05, 4.69) is 4.98 Å². The van der Waals surface area contributed by atoms with Gasteiger partial charge < -0.3 is 14.7 Å². The summed E-state index contributed by atoms with van der Waals surface area (Å²) in [5.41, 5.74) is 0. The van der Waals surface area contributed by atoms with E-state index in [9.17, 15) is 10.1 Å². The number of hydrogen-bond acceptors (Lipinski definition) is 3. The summed E-state index contributed by atoms with van der Waals surface area (Å²) in [5, 5.41) is 10.00. The Morgan fingerprint density at radius 3 is 3.22 bits per heavy atom. The fraction of sp³-hybridized carbons (Fsp3) is 0.250. The SMILES string of the molecule is [2H]Cn1cnc([N+](=O)[O-])c1. The van der Waals surface area contributed by atoms with Gasteiger partial charge in [-0.05, 0) is 9.91 Å². The average molecular weight is 128 g/mol. The first-order valence-electron chi connectivity index (χ1n) is 2.90. The van der Waals surface area contributed by atoms with Crippen molar-refractivity contribution in [3.8, 4) is 0 Å². The van der Waals surface area contributed by atoms with Crippen LogP contribution in [0.1, 0.15) is 1.37 Å². The molecule has 0 radical (unpaired) electrons. The lowest BCUT2D eigenvalue weighted by atomic mass is 10.8. The number of nitrogens with zero attached hydrogens (tertiary/aromatic N) is 3. The van der Waals surface area contributed by atoms with Crippen molar-refractivity contribution in [2.45, 2.75) is 0 Å². The van der Waals surface area contributed by atoms with Crippen LogP contribution in [-0.4, -0.2) is 14.5 Å². The van der Waals surface area contributed by atoms with Gasteiger partial charge in [0.05, 0.1) is 0 Å². The van der Waals surface area contributed by atoms with Gasteiger partial charge in [0, 0.05) is 8.39 Å². The van der Waals surface area contributed by atoms with Crippen molar-refractivity contribution >= 4 is 5.82 Å². The molecule has 5 nitrogen and oxygen atoms in total. The smallest absolute Gasteiger partial charge is 0.358 e. The van der Waals surface area contributed by atoms with E-state index in [-0.39, 0.29) is 12.8 Å². The van der Waals surface area contributed by atoms with Crippen LogP contribution in [0, 0.1) is 10.1 Å². The molecule has 0 fully saturated rings. The molecule has 0 atom stereocenters. The van der Waals surface area contributed by atoms with Crippen LogP contribution in [0.2, 0.25) is 0 Å². The number of imidazole rings is 1. The third-order valence-electron chi connectivity index (χ3n) is 0.807. The van der Waals surface area contributed by atoms with Crippen molar-refractivity contribution in [3.63, 3.8) is 0 Å². The van der Waals surface area contributed by atoms with Crippen molar-refractivity contribution in [2.24, 2.45) is 7.02 Å². The molecule has 0 amide bonds. The minimum atomic E-state index is -0.591. The molecule has 0 aliphatic rings. The molecule has 1 aromatic rings. The molecular weight excluding hydrogens is 122 g/mol. The molecule has 1 heterocycles. The summed E-state index contributed by atoms with van der Waals surface area (Å²) in [7, 11) is -0.0408. The molecule has 0 aliphatic heterocycles. The molecule has 5 heteroatoms. The van der Waals surface area contributed by atoms with Gasteiger partial charge in [-0.15, -0.1) is 0 Å². The number of aromatic nitrogens is 2. The summed E-state index contributed by atoms with van der Waals surface area (Å²) in [6.45, 7) is 0. The molecule has 9 heavy (non-hydrogen) atoms. The summed E-state index contributed by atoms with van der Waals surface area (Å²) in [5.74, 6) is -0.216. The summed E-state index contributed by atoms with van der Waals surface area (Å²) in [6, 6.07) is 0. The summed E-state index contributed by atoms with van der Waals surface area (Å²) in [6.07, 6.45) is 2.47. The van der Waals surface area contributed by atoms with Gasteiger partial charge in [-0.3, -0.25) is 0 Å². The minimum absolute atomic E-state index is 0.0408. The lowest BCUT2D eigenvalue weighted by Gasteiger charge is -1.82. The van der Waals surface area contributed by atoms with Gasteiger partial charge in [0.15, 0.2) is 0 Å². The van der Waals surface area contributed by atoms with Crippen LogP contribution in [0.5, 0.6) is 0 Å². The Kier molecular flexibility index (Phi) is 0.921. The quantitative estimate of drug-likeness (QED) is 0.404. The van der Waals surface area contributed by atoms with Crippen molar-refractivity contribution in [1.82, 2.24) is 9.55 Å². The van der Waals surface area contributed by atoms with Crippen LogP contribution in [0.4, 0.5) is 5.82 Å². The average Bonchev–Trinajstić information content (AvgIpc) is 2.34. The number of hydrogen-bond donors (Lipinski definition) is 0. The standard InChI is InChI=1S/C4H5N3O2/c1-6-2-4(5-3-6)7(8)9/h2-3H,1H3/i1D. The molecule has 0 N–H and O–H groups in total. The molecule has 0 saturated heterocycles. The van der Waals surface area contributed by atoms with Gasteiger partial charge in [0.2, 0.25) is 6.33 Å². The van der Waals surface area contributed by atoms with E-state index in [4.69, 9.17) is 1.37 Å². The molecule has 0 saturated carbocycles. The lowest BCUT2D eigenvalue weighted by Crippen LogP contribution is -1.86. The summed E-state index contributed by atoms with van der Waals surface area (Å²) < 4.78 is 8.12. The second-order valence-electron chi connectivity index (χ2n) is 1.50. The van der Waals surface area contributed by atoms with E-state index in [1.807, 2.05) is 0 Å². The van der Waals surface area contributed by atoms with Gasteiger partial charge in [-0.25, -0.2) is 0 Å². The van der Waals surface area contributed by atoms with E-state index in [0.717, 1.165) is 0 Å². The predicted octanol–water partition coefficient (Wildman–Crippen LogP) is 0.328. The molecule has 48 valence electrons. The zero-order valence-corrected chi connectivity index (χ0v) is 4.52. The molecule has 1 aromatic heterocycles. The maximum atomic E-state index is 10.00. The van der Waals surface area contributed by atoms with Gasteiger partial charge in [0.1, 0.15) is 6.20 Å². The fourth-order valence-corrected chi connectivity index (χ4v) is 0.443. The Hall–Kier alpha value is -1.39. The normalized spacial score (nSPS) is 10.9. The van der Waals surface area contributed by atoms with Crippen molar-refractivity contribution in [2.75, 3.05) is 0 Å². The summed E-state index contributed by atoms with van der Waals surface area (Å²) >= 11 is 0. The van der Waals surface area contributed by atoms with Crippen LogP contribution >= 0.6 is 0 Å². The largest absolute Gasteiger partial charge is 0.381 e. The highest BCUT2D eigenvalue weighted by molar-refractivity contribution is 5.11. The highest BCUT2D eigenvalue weighted by Gasteiger charge is 2.05. The zero-order chi connectivity index (χ0) is 7.56. The molecule has 0 aliphatic carbocycles. The molecule has 1 rings (SSSR count). The van der Waals surface area contributed by atoms with Gasteiger partial charge in [-0.1, -0.05) is 0 Å². The number of nitro groups is 1. The molecule has 0 aromatic carbocycles. The molecule has 0 spiro atoms. The highest BCUT2D eigenvalue weighted by atomic mass is 16.6. The third-order valence-corrected chi connectivity index (χ3v) is 0.807. The zero-order valence-electron chi connectivity index (χ0n) is 5.52. The first-order chi connectivity index (χ1) is 4.74. The lowest BCUT2D eigenvalue weighted by molar-refractivity contribution is -0.389. The van der Waals surface area contributed by atoms with Gasteiger partial charge in [-0.2, -0.15) is 0 Å². The summed E-state index contributed by atoms with van der Waals surface area (Å²) in [4.78, 5) is 12.8. The number of rotatable bonds is 1. The predicted molar refractivity (Wildman–Crippen MR) is 29.9 cm³/mol. The first kappa shape index (κ1) is 4.49. The van der Waals surface area contributed by atoms with Crippen molar-refractivity contribution in [1.29, 1.82) is 0 Å². The Morgan fingerprint density at radius 2 is 2.89 bits per heavy atom. The number of aryl methyl sites for hydroxylation is 1. The van der Waals surface area contributed by atoms with Gasteiger partial charge >= 0.3 is 5.82 Å². The van der Waals surface area contributed by atoms with E-state index >= 15 is 0 Å². The second kappa shape index (κ2) is 1.85. The van der Waals surface area contributed by atoms with E-state index in [1.54, 1.807) is 0 Å². The van der Waals surface area contributed by atoms with Gasteiger partial charge in [0.25, 0.3) is 0 Å². The Morgan fingerprint density at radius 1 is 2.11 bits per heavy atom. The second-order valence-corrected chi connectivity index (χ2v) is 1.50. The van der Waals surface area contributed by atoms with E-state index < -0.39 is 4.92 Å². The topological polar surface area (TPSA) is 61.0 Å². The Bertz CT molecular complexity index is 246. The first-order valence-corrected chi connectivity index (χ1v) is 2.19.